The van der Waals surface area contributed by atoms with E-state index in [0.717, 1.165) is 12.3 Å². The van der Waals surface area contributed by atoms with E-state index >= 15 is 0 Å². The van der Waals surface area contributed by atoms with Gasteiger partial charge in [0.05, 0.1) is 11.5 Å². The predicted octanol–water partition coefficient (Wildman–Crippen LogP) is 1.15. The second-order valence-electron chi connectivity index (χ2n) is 2.57. The molecule has 1 aromatic rings. The summed E-state index contributed by atoms with van der Waals surface area (Å²) in [7, 11) is 1.46. The van der Waals surface area contributed by atoms with Gasteiger partial charge in [-0.05, 0) is 0 Å². The van der Waals surface area contributed by atoms with E-state index in [1.807, 2.05) is 0 Å². The SMILES string of the molecule is COCCOc1cc(F)ncc1[N+](=O)[O-]. The summed E-state index contributed by atoms with van der Waals surface area (Å²) in [5.74, 6) is -0.974. The van der Waals surface area contributed by atoms with Crippen LogP contribution in [0.4, 0.5) is 10.1 Å². The van der Waals surface area contributed by atoms with E-state index < -0.39 is 10.9 Å². The normalized spacial score (nSPS) is 10.0. The number of nitrogens with zero attached hydrogens (tertiary/aromatic N) is 2. The molecule has 1 aromatic heterocycles. The zero-order chi connectivity index (χ0) is 11.3. The lowest BCUT2D eigenvalue weighted by Crippen LogP contribution is -2.06. The van der Waals surface area contributed by atoms with Crippen LogP contribution >= 0.6 is 0 Å². The lowest BCUT2D eigenvalue weighted by molar-refractivity contribution is -0.386. The van der Waals surface area contributed by atoms with Gasteiger partial charge in [0, 0.05) is 13.2 Å². The van der Waals surface area contributed by atoms with Crippen molar-refractivity contribution in [2.45, 2.75) is 0 Å². The average Bonchev–Trinajstić information content (AvgIpc) is 2.18. The van der Waals surface area contributed by atoms with Crippen LogP contribution in [0.3, 0.4) is 0 Å². The molecular formula is C8H9FN2O4. The predicted molar refractivity (Wildman–Crippen MR) is 48.2 cm³/mol. The van der Waals surface area contributed by atoms with Crippen molar-refractivity contribution < 1.29 is 18.8 Å². The first kappa shape index (κ1) is 11.3. The molecule has 15 heavy (non-hydrogen) atoms. The number of rotatable bonds is 5. The van der Waals surface area contributed by atoms with Gasteiger partial charge in [0.2, 0.25) is 11.7 Å². The molecule has 0 aromatic carbocycles. The van der Waals surface area contributed by atoms with Crippen molar-refractivity contribution in [1.82, 2.24) is 4.98 Å². The Bertz CT molecular complexity index is 358. The summed E-state index contributed by atoms with van der Waals surface area (Å²) in [5.41, 5.74) is -0.368. The molecule has 0 radical (unpaired) electrons. The number of pyridine rings is 1. The third-order valence-corrected chi connectivity index (χ3v) is 1.55. The Morgan fingerprint density at radius 1 is 1.60 bits per heavy atom. The Labute approximate surface area is 84.8 Å². The highest BCUT2D eigenvalue weighted by atomic mass is 19.1. The molecule has 0 saturated carbocycles. The summed E-state index contributed by atoms with van der Waals surface area (Å²) in [6.45, 7) is 0.377. The van der Waals surface area contributed by atoms with E-state index in [4.69, 9.17) is 4.74 Å². The third kappa shape index (κ3) is 3.13. The average molecular weight is 216 g/mol. The molecule has 0 N–H and O–H groups in total. The molecule has 7 heteroatoms. The van der Waals surface area contributed by atoms with Gasteiger partial charge in [-0.15, -0.1) is 0 Å². The van der Waals surface area contributed by atoms with E-state index in [1.54, 1.807) is 0 Å². The Morgan fingerprint density at radius 2 is 2.33 bits per heavy atom. The van der Waals surface area contributed by atoms with Crippen molar-refractivity contribution in [1.29, 1.82) is 0 Å². The number of halogens is 1. The molecule has 1 rings (SSSR count). The molecular weight excluding hydrogens is 207 g/mol. The molecule has 6 nitrogen and oxygen atoms in total. The van der Waals surface area contributed by atoms with Crippen molar-refractivity contribution in [3.63, 3.8) is 0 Å². The second-order valence-corrected chi connectivity index (χ2v) is 2.57. The molecule has 0 spiro atoms. The van der Waals surface area contributed by atoms with Crippen LogP contribution in [0.15, 0.2) is 12.3 Å². The van der Waals surface area contributed by atoms with Crippen molar-refractivity contribution in [3.05, 3.63) is 28.3 Å². The Kier molecular flexibility index (Phi) is 3.92. The van der Waals surface area contributed by atoms with Gasteiger partial charge in [-0.1, -0.05) is 0 Å². The maximum Gasteiger partial charge on any atom is 0.329 e. The first-order valence-corrected chi connectivity index (χ1v) is 4.07. The van der Waals surface area contributed by atoms with Gasteiger partial charge in [-0.3, -0.25) is 10.1 Å². The van der Waals surface area contributed by atoms with E-state index in [-0.39, 0.29) is 24.7 Å². The summed E-state index contributed by atoms with van der Waals surface area (Å²) in [5, 5.41) is 10.5. The number of hydrogen-bond acceptors (Lipinski definition) is 5. The van der Waals surface area contributed by atoms with E-state index in [0.29, 0.717) is 0 Å². The van der Waals surface area contributed by atoms with Crippen molar-refractivity contribution >= 4 is 5.69 Å². The minimum atomic E-state index is -0.826. The third-order valence-electron chi connectivity index (χ3n) is 1.55. The van der Waals surface area contributed by atoms with Crippen LogP contribution in [-0.2, 0) is 4.74 Å². The van der Waals surface area contributed by atoms with Gasteiger partial charge in [-0.25, -0.2) is 4.98 Å². The van der Waals surface area contributed by atoms with E-state index in [9.17, 15) is 14.5 Å². The molecule has 0 saturated heterocycles. The first-order valence-electron chi connectivity index (χ1n) is 4.07. The fourth-order valence-electron chi connectivity index (χ4n) is 0.893. The lowest BCUT2D eigenvalue weighted by atomic mass is 10.4. The molecule has 0 aliphatic heterocycles. The maximum atomic E-state index is 12.7. The van der Waals surface area contributed by atoms with E-state index in [1.165, 1.54) is 7.11 Å². The van der Waals surface area contributed by atoms with Gasteiger partial charge in [0.1, 0.15) is 12.8 Å². The number of hydrogen-bond donors (Lipinski definition) is 0. The standard InChI is InChI=1S/C8H9FN2O4/c1-14-2-3-15-7-4-8(9)10-5-6(7)11(12)13/h4-5H,2-3H2,1H3. The summed E-state index contributed by atoms with van der Waals surface area (Å²) < 4.78 is 22.3. The van der Waals surface area contributed by atoms with Crippen LogP contribution in [0.2, 0.25) is 0 Å². The first-order chi connectivity index (χ1) is 7.15. The summed E-state index contributed by atoms with van der Waals surface area (Å²) in [6, 6.07) is 0.869. The summed E-state index contributed by atoms with van der Waals surface area (Å²) in [6.07, 6.45) is 0.817. The number of ether oxygens (including phenoxy) is 2. The molecule has 0 amide bonds. The second kappa shape index (κ2) is 5.20. The number of methoxy groups -OCH3 is 1. The quantitative estimate of drug-likeness (QED) is 0.319. The van der Waals surface area contributed by atoms with Gasteiger partial charge < -0.3 is 9.47 Å². The van der Waals surface area contributed by atoms with Crippen LogP contribution in [-0.4, -0.2) is 30.2 Å². The molecule has 0 unspecified atom stereocenters. The van der Waals surface area contributed by atoms with Crippen molar-refractivity contribution in [3.8, 4) is 5.75 Å². The van der Waals surface area contributed by atoms with Gasteiger partial charge >= 0.3 is 5.69 Å². The molecule has 0 aliphatic carbocycles. The molecule has 0 fully saturated rings. The van der Waals surface area contributed by atoms with Crippen LogP contribution in [0.1, 0.15) is 0 Å². The van der Waals surface area contributed by atoms with Gasteiger partial charge in [-0.2, -0.15) is 4.39 Å². The molecule has 0 bridgehead atoms. The fourth-order valence-corrected chi connectivity index (χ4v) is 0.893. The Balaban J connectivity index is 2.82. The molecule has 1 heterocycles. The highest BCUT2D eigenvalue weighted by Crippen LogP contribution is 2.25. The highest BCUT2D eigenvalue weighted by Gasteiger charge is 2.16. The molecule has 0 aliphatic rings. The van der Waals surface area contributed by atoms with Crippen LogP contribution < -0.4 is 4.74 Å². The fraction of sp³-hybridized carbons (Fsp3) is 0.375. The van der Waals surface area contributed by atoms with Crippen LogP contribution in [0.25, 0.3) is 0 Å². The number of aromatic nitrogens is 1. The van der Waals surface area contributed by atoms with Gasteiger partial charge in [0.15, 0.2) is 0 Å². The largest absolute Gasteiger partial charge is 0.484 e. The van der Waals surface area contributed by atoms with Crippen molar-refractivity contribution in [2.24, 2.45) is 0 Å². The number of nitro groups is 1. The van der Waals surface area contributed by atoms with Crippen LogP contribution in [0.5, 0.6) is 5.75 Å². The van der Waals surface area contributed by atoms with Crippen LogP contribution in [0, 0.1) is 16.1 Å². The topological polar surface area (TPSA) is 74.5 Å². The lowest BCUT2D eigenvalue weighted by Gasteiger charge is -2.05. The monoisotopic (exact) mass is 216 g/mol. The minimum Gasteiger partial charge on any atom is -0.484 e. The highest BCUT2D eigenvalue weighted by molar-refractivity contribution is 5.43. The summed E-state index contributed by atoms with van der Waals surface area (Å²) >= 11 is 0. The Morgan fingerprint density at radius 3 is 2.93 bits per heavy atom. The Hall–Kier alpha value is -1.76. The van der Waals surface area contributed by atoms with Gasteiger partial charge in [0.25, 0.3) is 0 Å². The zero-order valence-electron chi connectivity index (χ0n) is 7.97. The van der Waals surface area contributed by atoms with E-state index in [2.05, 4.69) is 9.72 Å². The smallest absolute Gasteiger partial charge is 0.329 e. The van der Waals surface area contributed by atoms with Crippen molar-refractivity contribution in [2.75, 3.05) is 20.3 Å². The molecule has 0 atom stereocenters. The molecule has 82 valence electrons. The minimum absolute atomic E-state index is 0.112. The maximum absolute atomic E-state index is 12.7. The zero-order valence-corrected chi connectivity index (χ0v) is 7.97. The summed E-state index contributed by atoms with van der Waals surface area (Å²) in [4.78, 5) is 13.0.